The van der Waals surface area contributed by atoms with Crippen LogP contribution in [0.3, 0.4) is 0 Å². The minimum absolute atomic E-state index is 0.0754. The van der Waals surface area contributed by atoms with Gasteiger partial charge >= 0.3 is 6.03 Å². The van der Waals surface area contributed by atoms with Crippen molar-refractivity contribution in [2.75, 3.05) is 39.3 Å². The monoisotopic (exact) mass is 388 g/mol. The maximum Gasteiger partial charge on any atom is 0.318 e. The fourth-order valence-corrected chi connectivity index (χ4v) is 3.38. The number of hydrogen-bond acceptors (Lipinski definition) is 4. The van der Waals surface area contributed by atoms with Gasteiger partial charge in [-0.25, -0.2) is 4.79 Å². The van der Waals surface area contributed by atoms with Crippen molar-refractivity contribution in [3.63, 3.8) is 0 Å². The molecule has 3 rings (SSSR count). The maximum absolute atomic E-state index is 12.9. The van der Waals surface area contributed by atoms with Crippen LogP contribution in [0, 0.1) is 0 Å². The topological polar surface area (TPSA) is 68.7 Å². The first-order valence-corrected chi connectivity index (χ1v) is 9.59. The molecular formula is C20H25ClN4O2. The number of urea groups is 1. The summed E-state index contributed by atoms with van der Waals surface area (Å²) in [6.45, 7) is 4.09. The van der Waals surface area contributed by atoms with Crippen LogP contribution in [0.2, 0.25) is 5.02 Å². The van der Waals surface area contributed by atoms with E-state index in [1.165, 1.54) is 0 Å². The largest absolute Gasteiger partial charge is 0.396 e. The summed E-state index contributed by atoms with van der Waals surface area (Å²) in [5, 5.41) is 12.8. The molecule has 0 spiro atoms. The van der Waals surface area contributed by atoms with Gasteiger partial charge in [-0.3, -0.25) is 9.88 Å². The maximum atomic E-state index is 12.9. The third kappa shape index (κ3) is 5.42. The molecule has 1 aromatic carbocycles. The highest BCUT2D eigenvalue weighted by Gasteiger charge is 2.24. The molecule has 2 heterocycles. The molecule has 0 aliphatic carbocycles. The number of piperazine rings is 1. The van der Waals surface area contributed by atoms with E-state index in [4.69, 9.17) is 16.7 Å². The number of benzene rings is 1. The Morgan fingerprint density at radius 1 is 1.07 bits per heavy atom. The van der Waals surface area contributed by atoms with Crippen LogP contribution in [-0.2, 0) is 0 Å². The minimum atomic E-state index is -0.259. The molecule has 2 aromatic rings. The summed E-state index contributed by atoms with van der Waals surface area (Å²) in [5.41, 5.74) is 1.95. The predicted octanol–water partition coefficient (Wildman–Crippen LogP) is 2.53. The second kappa shape index (κ2) is 9.69. The van der Waals surface area contributed by atoms with Crippen LogP contribution in [-0.4, -0.2) is 65.3 Å². The molecule has 1 fully saturated rings. The van der Waals surface area contributed by atoms with Gasteiger partial charge in [-0.2, -0.15) is 0 Å². The van der Waals surface area contributed by atoms with Crippen molar-refractivity contribution < 1.29 is 9.90 Å². The Morgan fingerprint density at radius 2 is 1.70 bits per heavy atom. The molecule has 1 aliphatic rings. The molecular weight excluding hydrogens is 364 g/mol. The van der Waals surface area contributed by atoms with E-state index < -0.39 is 0 Å². The second-order valence-electron chi connectivity index (χ2n) is 6.62. The van der Waals surface area contributed by atoms with Gasteiger partial charge in [0.2, 0.25) is 0 Å². The Hall–Kier alpha value is -2.15. The number of nitrogens with zero attached hydrogens (tertiary/aromatic N) is 3. The molecule has 1 atom stereocenters. The number of nitrogens with one attached hydrogen (secondary N) is 1. The number of carbonyl (C=O) groups excluding carboxylic acids is 1. The van der Waals surface area contributed by atoms with Crippen molar-refractivity contribution in [3.8, 4) is 0 Å². The summed E-state index contributed by atoms with van der Waals surface area (Å²) in [6.07, 6.45) is 4.22. The fourth-order valence-electron chi connectivity index (χ4n) is 3.25. The minimum Gasteiger partial charge on any atom is -0.396 e. The number of rotatable bonds is 6. The quantitative estimate of drug-likeness (QED) is 0.797. The number of aliphatic hydroxyl groups excluding tert-OH is 1. The average molecular weight is 389 g/mol. The van der Waals surface area contributed by atoms with Crippen molar-refractivity contribution in [2.24, 2.45) is 0 Å². The number of aromatic nitrogens is 1. The first kappa shape index (κ1) is 19.6. The van der Waals surface area contributed by atoms with Crippen LogP contribution in [0.4, 0.5) is 4.79 Å². The summed E-state index contributed by atoms with van der Waals surface area (Å²) < 4.78 is 0. The summed E-state index contributed by atoms with van der Waals surface area (Å²) in [6, 6.07) is 11.0. The van der Waals surface area contributed by atoms with Crippen LogP contribution in [0.25, 0.3) is 0 Å². The van der Waals surface area contributed by atoms with Crippen molar-refractivity contribution >= 4 is 17.6 Å². The Balaban J connectivity index is 1.67. The van der Waals surface area contributed by atoms with Gasteiger partial charge in [-0.1, -0.05) is 23.7 Å². The molecule has 7 heteroatoms. The number of amides is 2. The lowest BCUT2D eigenvalue weighted by Crippen LogP contribution is -2.52. The zero-order valence-electron chi connectivity index (χ0n) is 15.2. The lowest BCUT2D eigenvalue weighted by atomic mass is 10.00. The highest BCUT2D eigenvalue weighted by atomic mass is 35.5. The van der Waals surface area contributed by atoms with E-state index in [2.05, 4.69) is 15.2 Å². The summed E-state index contributed by atoms with van der Waals surface area (Å²) in [7, 11) is 0. The van der Waals surface area contributed by atoms with Gasteiger partial charge in [0.1, 0.15) is 0 Å². The zero-order chi connectivity index (χ0) is 19.1. The summed E-state index contributed by atoms with van der Waals surface area (Å²) in [4.78, 5) is 21.1. The van der Waals surface area contributed by atoms with Gasteiger partial charge in [0.25, 0.3) is 0 Å². The average Bonchev–Trinajstić information content (AvgIpc) is 2.72. The molecule has 1 aromatic heterocycles. The SMILES string of the molecule is O=C(NC(c1ccncc1)c1ccc(Cl)cc1)N1CCN(CCCO)CC1. The van der Waals surface area contributed by atoms with Gasteiger partial charge < -0.3 is 15.3 Å². The Kier molecular flexibility index (Phi) is 7.04. The fraction of sp³-hybridized carbons (Fsp3) is 0.400. The molecule has 144 valence electrons. The molecule has 1 saturated heterocycles. The van der Waals surface area contributed by atoms with Gasteiger partial charge in [0.15, 0.2) is 0 Å². The first-order chi connectivity index (χ1) is 13.2. The number of pyridine rings is 1. The van der Waals surface area contributed by atoms with Gasteiger partial charge in [-0.05, 0) is 41.8 Å². The Bertz CT molecular complexity index is 719. The van der Waals surface area contributed by atoms with E-state index in [0.717, 1.165) is 37.2 Å². The highest BCUT2D eigenvalue weighted by molar-refractivity contribution is 6.30. The molecule has 0 saturated carbocycles. The van der Waals surface area contributed by atoms with Crippen LogP contribution < -0.4 is 5.32 Å². The van der Waals surface area contributed by atoms with E-state index in [9.17, 15) is 4.79 Å². The normalized spacial score (nSPS) is 16.1. The number of halogens is 1. The van der Waals surface area contributed by atoms with Crippen molar-refractivity contribution in [1.82, 2.24) is 20.1 Å². The third-order valence-corrected chi connectivity index (χ3v) is 5.05. The number of hydrogen-bond donors (Lipinski definition) is 2. The van der Waals surface area contributed by atoms with E-state index >= 15 is 0 Å². The molecule has 2 amide bonds. The first-order valence-electron chi connectivity index (χ1n) is 9.21. The third-order valence-electron chi connectivity index (χ3n) is 4.80. The predicted molar refractivity (Wildman–Crippen MR) is 106 cm³/mol. The summed E-state index contributed by atoms with van der Waals surface area (Å²) in [5.74, 6) is 0. The standard InChI is InChI=1S/C20H25ClN4O2/c21-18-4-2-16(3-5-18)19(17-6-8-22-9-7-17)23-20(27)25-13-11-24(12-14-25)10-1-15-26/h2-9,19,26H,1,10-15H2,(H,23,27). The smallest absolute Gasteiger partial charge is 0.318 e. The lowest BCUT2D eigenvalue weighted by molar-refractivity contribution is 0.131. The Labute approximate surface area is 164 Å². The Morgan fingerprint density at radius 3 is 2.33 bits per heavy atom. The molecule has 0 radical (unpaired) electrons. The second-order valence-corrected chi connectivity index (χ2v) is 7.06. The molecule has 27 heavy (non-hydrogen) atoms. The van der Waals surface area contributed by atoms with Crippen LogP contribution >= 0.6 is 11.6 Å². The van der Waals surface area contributed by atoms with Gasteiger partial charge in [0.05, 0.1) is 6.04 Å². The van der Waals surface area contributed by atoms with Gasteiger partial charge in [-0.15, -0.1) is 0 Å². The molecule has 6 nitrogen and oxygen atoms in total. The van der Waals surface area contributed by atoms with Crippen LogP contribution in [0.1, 0.15) is 23.6 Å². The molecule has 1 unspecified atom stereocenters. The van der Waals surface area contributed by atoms with Crippen molar-refractivity contribution in [2.45, 2.75) is 12.5 Å². The zero-order valence-corrected chi connectivity index (χ0v) is 16.0. The van der Waals surface area contributed by atoms with Crippen molar-refractivity contribution in [1.29, 1.82) is 0 Å². The molecule has 2 N–H and O–H groups in total. The highest BCUT2D eigenvalue weighted by Crippen LogP contribution is 2.23. The van der Waals surface area contributed by atoms with E-state index in [1.807, 2.05) is 41.3 Å². The summed E-state index contributed by atoms with van der Waals surface area (Å²) >= 11 is 6.01. The lowest BCUT2D eigenvalue weighted by Gasteiger charge is -2.35. The van der Waals surface area contributed by atoms with E-state index in [0.29, 0.717) is 18.1 Å². The van der Waals surface area contributed by atoms with Crippen LogP contribution in [0.15, 0.2) is 48.8 Å². The van der Waals surface area contributed by atoms with E-state index in [-0.39, 0.29) is 18.7 Å². The number of aliphatic hydroxyl groups is 1. The van der Waals surface area contributed by atoms with E-state index in [1.54, 1.807) is 12.4 Å². The van der Waals surface area contributed by atoms with Gasteiger partial charge in [0, 0.05) is 56.7 Å². The van der Waals surface area contributed by atoms with Crippen molar-refractivity contribution in [3.05, 3.63) is 64.9 Å². The molecule has 1 aliphatic heterocycles. The van der Waals surface area contributed by atoms with Crippen LogP contribution in [0.5, 0.6) is 0 Å². The molecule has 0 bridgehead atoms. The number of carbonyl (C=O) groups is 1.